The minimum Gasteiger partial charge on any atom is -0.497 e. The van der Waals surface area contributed by atoms with Gasteiger partial charge in [-0.25, -0.2) is 5.84 Å². The Bertz CT molecular complexity index is 1790. The van der Waals surface area contributed by atoms with Crippen molar-refractivity contribution in [2.24, 2.45) is 22.9 Å². The third-order valence-electron chi connectivity index (χ3n) is 10.9. The van der Waals surface area contributed by atoms with Crippen molar-refractivity contribution in [3.05, 3.63) is 58.4 Å². The number of ether oxygens (including phenoxy) is 4. The lowest BCUT2D eigenvalue weighted by atomic mass is 9.66. The van der Waals surface area contributed by atoms with E-state index in [1.807, 2.05) is 0 Å². The number of allylic oxidation sites excluding steroid dienone is 1. The minimum absolute atomic E-state index is 0.00524. The summed E-state index contributed by atoms with van der Waals surface area (Å²) in [7, 11) is 2.08. The predicted molar refractivity (Wildman–Crippen MR) is 194 cm³/mol. The lowest BCUT2D eigenvalue weighted by molar-refractivity contribution is -0.169. The van der Waals surface area contributed by atoms with Gasteiger partial charge in [-0.15, -0.1) is 0 Å². The summed E-state index contributed by atoms with van der Waals surface area (Å²) >= 11 is 0. The lowest BCUT2D eigenvalue weighted by Gasteiger charge is -2.45. The smallest absolute Gasteiger partial charge is 0.488 e. The molecule has 0 bridgehead atoms. The van der Waals surface area contributed by atoms with Crippen molar-refractivity contribution >= 4 is 30.4 Å². The molecule has 1 saturated carbocycles. The second kappa shape index (κ2) is 17.0. The molecule has 5 rings (SSSR count). The highest BCUT2D eigenvalue weighted by atomic mass is 19.4. The Hall–Kier alpha value is -4.68. The molecule has 3 aliphatic rings. The summed E-state index contributed by atoms with van der Waals surface area (Å²) in [5.41, 5.74) is 4.07. The topological polar surface area (TPSA) is 190 Å². The van der Waals surface area contributed by atoms with Gasteiger partial charge in [0, 0.05) is 50.3 Å². The first kappa shape index (κ1) is 41.5. The monoisotopic (exact) mass is 775 g/mol. The number of nitrogens with two attached hydrogens (primary N) is 2. The molecular weight excluding hydrogens is 726 g/mol. The molecule has 2 aromatic rings. The van der Waals surface area contributed by atoms with Crippen LogP contribution in [0.25, 0.3) is 0 Å². The van der Waals surface area contributed by atoms with E-state index in [0.717, 1.165) is 7.05 Å². The summed E-state index contributed by atoms with van der Waals surface area (Å²) < 4.78 is 64.0. The van der Waals surface area contributed by atoms with E-state index in [1.165, 1.54) is 26.4 Å². The third-order valence-corrected chi connectivity index (χ3v) is 10.9. The molecule has 55 heavy (non-hydrogen) atoms. The normalized spacial score (nSPS) is 21.7. The molecule has 300 valence electrons. The number of rotatable bonds is 13. The summed E-state index contributed by atoms with van der Waals surface area (Å²) in [5.74, 6) is 4.63. The third kappa shape index (κ3) is 8.76. The summed E-state index contributed by atoms with van der Waals surface area (Å²) in [6.07, 6.45) is -1.79. The van der Waals surface area contributed by atoms with Crippen LogP contribution in [-0.2, 0) is 32.1 Å². The molecule has 2 aliphatic heterocycles. The number of hydrazine groups is 1. The molecule has 2 unspecified atom stereocenters. The van der Waals surface area contributed by atoms with Crippen LogP contribution in [0.1, 0.15) is 68.2 Å². The number of halogens is 3. The van der Waals surface area contributed by atoms with Gasteiger partial charge in [-0.05, 0) is 61.8 Å². The Balaban J connectivity index is 1.51. The molecule has 18 heteroatoms. The number of carbonyl (C=O) groups is 3. The molecule has 0 aromatic heterocycles. The van der Waals surface area contributed by atoms with Gasteiger partial charge in [-0.1, -0.05) is 18.9 Å². The second-order valence-corrected chi connectivity index (χ2v) is 14.4. The number of alkyl halides is 3. The van der Waals surface area contributed by atoms with Crippen LogP contribution in [-0.4, -0.2) is 103 Å². The fourth-order valence-corrected chi connectivity index (χ4v) is 8.06. The van der Waals surface area contributed by atoms with E-state index in [-0.39, 0.29) is 49.1 Å². The SMILES string of the molecule is COc1ccc(COC(=O)[C@@]2(C)CCCCC2C(=O)N2CCc3c(B(O)O)ccc(OC/C(N)=C(/N(C)N)C(F)(F)F)c3C2CN2CCCC2=O)c(OC)c1. The van der Waals surface area contributed by atoms with Crippen LogP contribution >= 0.6 is 0 Å². The van der Waals surface area contributed by atoms with Crippen LogP contribution < -0.4 is 31.2 Å². The van der Waals surface area contributed by atoms with Gasteiger partial charge < -0.3 is 49.5 Å². The first-order valence-electron chi connectivity index (χ1n) is 18.2. The van der Waals surface area contributed by atoms with Crippen molar-refractivity contribution in [2.75, 3.05) is 47.5 Å². The summed E-state index contributed by atoms with van der Waals surface area (Å²) in [5, 5.41) is 21.1. The van der Waals surface area contributed by atoms with E-state index in [0.29, 0.717) is 78.3 Å². The van der Waals surface area contributed by atoms with Gasteiger partial charge in [0.1, 0.15) is 30.5 Å². The molecule has 14 nitrogen and oxygen atoms in total. The zero-order chi connectivity index (χ0) is 40.2. The van der Waals surface area contributed by atoms with Gasteiger partial charge >= 0.3 is 19.3 Å². The maximum atomic E-state index is 14.9. The van der Waals surface area contributed by atoms with E-state index >= 15 is 0 Å². The Morgan fingerprint density at radius 1 is 1.05 bits per heavy atom. The molecule has 0 spiro atoms. The number of amides is 2. The Labute approximate surface area is 318 Å². The Morgan fingerprint density at radius 2 is 1.80 bits per heavy atom. The first-order chi connectivity index (χ1) is 26.0. The van der Waals surface area contributed by atoms with Crippen LogP contribution in [0.4, 0.5) is 13.2 Å². The number of fused-ring (bicyclic) bond motifs is 1. The molecule has 2 fully saturated rings. The second-order valence-electron chi connectivity index (χ2n) is 14.4. The van der Waals surface area contributed by atoms with E-state index < -0.39 is 54.6 Å². The maximum Gasteiger partial charge on any atom is 0.488 e. The van der Waals surface area contributed by atoms with Gasteiger partial charge in [-0.2, -0.15) is 13.2 Å². The van der Waals surface area contributed by atoms with Gasteiger partial charge in [0.2, 0.25) is 11.8 Å². The summed E-state index contributed by atoms with van der Waals surface area (Å²) in [4.78, 5) is 45.1. The molecule has 1 aliphatic carbocycles. The maximum absolute atomic E-state index is 14.9. The number of likely N-dealkylation sites (tertiary alicyclic amines) is 1. The van der Waals surface area contributed by atoms with Gasteiger partial charge in [0.05, 0.1) is 37.3 Å². The Morgan fingerprint density at radius 3 is 2.42 bits per heavy atom. The zero-order valence-corrected chi connectivity index (χ0v) is 31.5. The number of nitrogens with zero attached hydrogens (tertiary/aromatic N) is 3. The number of hydrogen-bond donors (Lipinski definition) is 4. The number of benzene rings is 2. The number of hydrogen-bond acceptors (Lipinski definition) is 12. The number of esters is 1. The highest BCUT2D eigenvalue weighted by Crippen LogP contribution is 2.46. The van der Waals surface area contributed by atoms with Crippen LogP contribution in [0.15, 0.2) is 41.7 Å². The fourth-order valence-electron chi connectivity index (χ4n) is 8.06. The molecule has 0 radical (unpaired) electrons. The number of methoxy groups -OCH3 is 2. The zero-order valence-electron chi connectivity index (χ0n) is 31.5. The van der Waals surface area contributed by atoms with Crippen LogP contribution in [0, 0.1) is 11.3 Å². The van der Waals surface area contributed by atoms with Gasteiger partial charge in [0.15, 0.2) is 5.70 Å². The minimum atomic E-state index is -4.89. The average Bonchev–Trinajstić information content (AvgIpc) is 3.55. The molecule has 1 saturated heterocycles. The van der Waals surface area contributed by atoms with E-state index in [4.69, 9.17) is 30.5 Å². The quantitative estimate of drug-likeness (QED) is 0.101. The van der Waals surface area contributed by atoms with E-state index in [1.54, 1.807) is 34.9 Å². The van der Waals surface area contributed by atoms with E-state index in [9.17, 15) is 37.6 Å². The predicted octanol–water partition coefficient (Wildman–Crippen LogP) is 2.29. The standard InChI is InChI=1S/C37H49BF3N5O9/c1-36(35(49)55-20-22-10-11-23(52-3)18-30(22)53-4)15-6-5-8-25(36)34(48)46-17-14-24-26(38(50)51)12-13-29(32(24)28(46)19-45-16-7-9-31(45)47)54-21-27(42)33(44(2)43)37(39,40)41/h10-13,18,25,28,50-51H,5-9,14-17,19-21,42-43H2,1-4H3/b33-27-/t25?,28?,36-/m0/s1. The molecule has 2 heterocycles. The van der Waals surface area contributed by atoms with Crippen LogP contribution in [0.5, 0.6) is 17.2 Å². The summed E-state index contributed by atoms with van der Waals surface area (Å²) in [6, 6.07) is 6.96. The summed E-state index contributed by atoms with van der Waals surface area (Å²) in [6.45, 7) is 1.34. The molecule has 6 N–H and O–H groups in total. The van der Waals surface area contributed by atoms with Crippen molar-refractivity contribution in [1.29, 1.82) is 0 Å². The molecular formula is C37H49BF3N5O9. The van der Waals surface area contributed by atoms with Gasteiger partial charge in [-0.3, -0.25) is 14.4 Å². The molecule has 2 aromatic carbocycles. The largest absolute Gasteiger partial charge is 0.497 e. The first-order valence-corrected chi connectivity index (χ1v) is 18.2. The average molecular weight is 776 g/mol. The molecule has 2 amide bonds. The van der Waals surface area contributed by atoms with Crippen molar-refractivity contribution < 1.29 is 56.6 Å². The van der Waals surface area contributed by atoms with Crippen LogP contribution in [0.3, 0.4) is 0 Å². The van der Waals surface area contributed by atoms with Crippen LogP contribution in [0.2, 0.25) is 0 Å². The lowest BCUT2D eigenvalue weighted by Crippen LogP contribution is -2.54. The fraction of sp³-hybridized carbons (Fsp3) is 0.541. The van der Waals surface area contributed by atoms with Crippen molar-refractivity contribution in [1.82, 2.24) is 14.8 Å². The van der Waals surface area contributed by atoms with Crippen molar-refractivity contribution in [3.8, 4) is 17.2 Å². The van der Waals surface area contributed by atoms with Crippen molar-refractivity contribution in [3.63, 3.8) is 0 Å². The Kier molecular flexibility index (Phi) is 12.8. The highest BCUT2D eigenvalue weighted by molar-refractivity contribution is 6.59. The number of carbonyl (C=O) groups excluding carboxylic acids is 3. The highest BCUT2D eigenvalue weighted by Gasteiger charge is 2.51. The van der Waals surface area contributed by atoms with Gasteiger partial charge in [0.25, 0.3) is 0 Å². The molecule has 3 atom stereocenters. The van der Waals surface area contributed by atoms with Crippen molar-refractivity contribution in [2.45, 2.75) is 70.7 Å². The van der Waals surface area contributed by atoms with E-state index in [2.05, 4.69) is 0 Å².